The predicted molar refractivity (Wildman–Crippen MR) is 79.8 cm³/mol. The lowest BCUT2D eigenvalue weighted by molar-refractivity contribution is 0.199. The van der Waals surface area contributed by atoms with Crippen LogP contribution in [-0.2, 0) is 17.6 Å². The summed E-state index contributed by atoms with van der Waals surface area (Å²) in [6.45, 7) is 4.57. The van der Waals surface area contributed by atoms with Gasteiger partial charge in [-0.25, -0.2) is 4.98 Å². The molecule has 20 heavy (non-hydrogen) atoms. The van der Waals surface area contributed by atoms with Crippen molar-refractivity contribution in [3.05, 3.63) is 41.9 Å². The van der Waals surface area contributed by atoms with Crippen LogP contribution in [0.25, 0.3) is 11.3 Å². The Hall–Kier alpha value is -1.65. The fraction of sp³-hybridized carbons (Fsp3) is 0.438. The molecule has 108 valence electrons. The molecule has 2 aromatic rings. The average Bonchev–Trinajstić information content (AvgIpc) is 2.95. The molecular formula is C16H22N2O2. The van der Waals surface area contributed by atoms with Crippen LogP contribution in [0.5, 0.6) is 0 Å². The topological polar surface area (TPSA) is 47.3 Å². The third-order valence-electron chi connectivity index (χ3n) is 3.22. The quantitative estimate of drug-likeness (QED) is 0.752. The molecule has 0 bridgehead atoms. The van der Waals surface area contributed by atoms with Crippen LogP contribution in [0.2, 0.25) is 0 Å². The van der Waals surface area contributed by atoms with Crippen molar-refractivity contribution in [2.75, 3.05) is 26.8 Å². The molecule has 0 aliphatic heterocycles. The molecule has 0 spiro atoms. The van der Waals surface area contributed by atoms with Gasteiger partial charge in [0, 0.05) is 32.2 Å². The highest BCUT2D eigenvalue weighted by atomic mass is 16.5. The van der Waals surface area contributed by atoms with E-state index in [1.807, 2.05) is 12.3 Å². The van der Waals surface area contributed by atoms with Crippen molar-refractivity contribution in [2.45, 2.75) is 19.8 Å². The maximum absolute atomic E-state index is 5.84. The van der Waals surface area contributed by atoms with E-state index in [-0.39, 0.29) is 0 Å². The second kappa shape index (κ2) is 7.82. The van der Waals surface area contributed by atoms with Crippen molar-refractivity contribution < 1.29 is 9.15 Å². The zero-order valence-electron chi connectivity index (χ0n) is 12.2. The molecule has 1 N–H and O–H groups in total. The molecule has 0 saturated heterocycles. The Labute approximate surface area is 120 Å². The first-order valence-electron chi connectivity index (χ1n) is 7.07. The summed E-state index contributed by atoms with van der Waals surface area (Å²) in [5, 5.41) is 3.28. The van der Waals surface area contributed by atoms with Crippen LogP contribution in [0.1, 0.15) is 18.4 Å². The van der Waals surface area contributed by atoms with Crippen LogP contribution in [0, 0.1) is 0 Å². The second-order valence-corrected chi connectivity index (χ2v) is 4.62. The van der Waals surface area contributed by atoms with Gasteiger partial charge in [0.25, 0.3) is 0 Å². The molecule has 1 aromatic heterocycles. The Kier molecular flexibility index (Phi) is 5.77. The molecule has 0 aliphatic carbocycles. The molecule has 0 unspecified atom stereocenters. The van der Waals surface area contributed by atoms with Gasteiger partial charge in [-0.3, -0.25) is 0 Å². The number of oxazole rings is 1. The Bertz CT molecular complexity index is 523. The normalized spacial score (nSPS) is 10.9. The number of hydrogen-bond acceptors (Lipinski definition) is 4. The van der Waals surface area contributed by atoms with E-state index in [1.54, 1.807) is 7.11 Å². The Balaban J connectivity index is 1.95. The lowest BCUT2D eigenvalue weighted by atomic mass is 10.0. The predicted octanol–water partition coefficient (Wildman–Crippen LogP) is 2.68. The van der Waals surface area contributed by atoms with Gasteiger partial charge in [-0.1, -0.05) is 31.2 Å². The summed E-state index contributed by atoms with van der Waals surface area (Å²) in [7, 11) is 1.70. The van der Waals surface area contributed by atoms with E-state index in [0.29, 0.717) is 0 Å². The van der Waals surface area contributed by atoms with Gasteiger partial charge in [-0.05, 0) is 12.0 Å². The van der Waals surface area contributed by atoms with E-state index >= 15 is 0 Å². The molecular weight excluding hydrogens is 252 g/mol. The molecule has 0 radical (unpaired) electrons. The first-order valence-corrected chi connectivity index (χ1v) is 7.07. The van der Waals surface area contributed by atoms with Crippen LogP contribution in [0.3, 0.4) is 0 Å². The largest absolute Gasteiger partial charge is 0.441 e. The molecule has 1 aromatic carbocycles. The Morgan fingerprint density at radius 1 is 1.25 bits per heavy atom. The number of aryl methyl sites for hydroxylation is 1. The van der Waals surface area contributed by atoms with Gasteiger partial charge in [0.15, 0.2) is 11.7 Å². The van der Waals surface area contributed by atoms with Crippen LogP contribution in [0.15, 0.2) is 34.9 Å². The minimum absolute atomic E-state index is 0.723. The monoisotopic (exact) mass is 274 g/mol. The van der Waals surface area contributed by atoms with Gasteiger partial charge < -0.3 is 14.5 Å². The Morgan fingerprint density at radius 2 is 2.10 bits per heavy atom. The standard InChI is InChI=1S/C16H22N2O2/c1-3-13-6-4-5-7-14(13)15-12-18-16(20-15)8-9-17-10-11-19-2/h4-7,12,17H,3,8-11H2,1-2H3. The van der Waals surface area contributed by atoms with Crippen molar-refractivity contribution in [2.24, 2.45) is 0 Å². The second-order valence-electron chi connectivity index (χ2n) is 4.62. The highest BCUT2D eigenvalue weighted by Gasteiger charge is 2.09. The molecule has 2 rings (SSSR count). The van der Waals surface area contributed by atoms with E-state index in [9.17, 15) is 0 Å². The van der Waals surface area contributed by atoms with E-state index in [4.69, 9.17) is 9.15 Å². The van der Waals surface area contributed by atoms with Crippen molar-refractivity contribution in [1.82, 2.24) is 10.3 Å². The maximum Gasteiger partial charge on any atom is 0.196 e. The molecule has 4 nitrogen and oxygen atoms in total. The van der Waals surface area contributed by atoms with Crippen molar-refractivity contribution in [1.29, 1.82) is 0 Å². The fourth-order valence-corrected chi connectivity index (χ4v) is 2.11. The van der Waals surface area contributed by atoms with E-state index in [0.717, 1.165) is 49.8 Å². The van der Waals surface area contributed by atoms with Crippen molar-refractivity contribution in [3.63, 3.8) is 0 Å². The summed E-state index contributed by atoms with van der Waals surface area (Å²) in [6.07, 6.45) is 3.60. The third-order valence-corrected chi connectivity index (χ3v) is 3.22. The number of nitrogens with zero attached hydrogens (tertiary/aromatic N) is 1. The zero-order chi connectivity index (χ0) is 14.2. The fourth-order valence-electron chi connectivity index (χ4n) is 2.11. The van der Waals surface area contributed by atoms with Gasteiger partial charge >= 0.3 is 0 Å². The molecule has 1 heterocycles. The number of hydrogen-bond donors (Lipinski definition) is 1. The summed E-state index contributed by atoms with van der Waals surface area (Å²) in [6, 6.07) is 8.30. The summed E-state index contributed by atoms with van der Waals surface area (Å²) in [4.78, 5) is 4.35. The minimum atomic E-state index is 0.723. The van der Waals surface area contributed by atoms with E-state index in [2.05, 4.69) is 35.4 Å². The van der Waals surface area contributed by atoms with Gasteiger partial charge in [-0.15, -0.1) is 0 Å². The molecule has 0 saturated carbocycles. The Morgan fingerprint density at radius 3 is 2.90 bits per heavy atom. The number of methoxy groups -OCH3 is 1. The summed E-state index contributed by atoms with van der Waals surface area (Å²) >= 11 is 0. The van der Waals surface area contributed by atoms with Crippen LogP contribution in [0.4, 0.5) is 0 Å². The third kappa shape index (κ3) is 3.92. The SMILES string of the molecule is CCc1ccccc1-c1cnc(CCNCCOC)o1. The summed E-state index contributed by atoms with van der Waals surface area (Å²) < 4.78 is 10.8. The van der Waals surface area contributed by atoms with Crippen LogP contribution >= 0.6 is 0 Å². The molecule has 0 amide bonds. The van der Waals surface area contributed by atoms with Crippen LogP contribution in [-0.4, -0.2) is 31.8 Å². The number of ether oxygens (including phenoxy) is 1. The number of rotatable bonds is 8. The summed E-state index contributed by atoms with van der Waals surface area (Å²) in [5.74, 6) is 1.63. The lowest BCUT2D eigenvalue weighted by Crippen LogP contribution is -2.21. The van der Waals surface area contributed by atoms with Crippen molar-refractivity contribution >= 4 is 0 Å². The smallest absolute Gasteiger partial charge is 0.196 e. The maximum atomic E-state index is 5.84. The van der Waals surface area contributed by atoms with Gasteiger partial charge in [0.05, 0.1) is 12.8 Å². The summed E-state index contributed by atoms with van der Waals surface area (Å²) in [5.41, 5.74) is 2.43. The molecule has 0 aliphatic rings. The highest BCUT2D eigenvalue weighted by molar-refractivity contribution is 5.61. The zero-order valence-corrected chi connectivity index (χ0v) is 12.2. The molecule has 0 atom stereocenters. The molecule has 4 heteroatoms. The number of aromatic nitrogens is 1. The number of benzene rings is 1. The molecule has 0 fully saturated rings. The van der Waals surface area contributed by atoms with Crippen LogP contribution < -0.4 is 5.32 Å². The van der Waals surface area contributed by atoms with Gasteiger partial charge in [-0.2, -0.15) is 0 Å². The average molecular weight is 274 g/mol. The first kappa shape index (κ1) is 14.8. The number of nitrogens with one attached hydrogen (secondary N) is 1. The van der Waals surface area contributed by atoms with Crippen molar-refractivity contribution in [3.8, 4) is 11.3 Å². The first-order chi connectivity index (χ1) is 9.85. The highest BCUT2D eigenvalue weighted by Crippen LogP contribution is 2.24. The van der Waals surface area contributed by atoms with Gasteiger partial charge in [0.2, 0.25) is 0 Å². The minimum Gasteiger partial charge on any atom is -0.441 e. The lowest BCUT2D eigenvalue weighted by Gasteiger charge is -2.04. The van der Waals surface area contributed by atoms with Gasteiger partial charge in [0.1, 0.15) is 0 Å². The van der Waals surface area contributed by atoms with E-state index < -0.39 is 0 Å². The van der Waals surface area contributed by atoms with E-state index in [1.165, 1.54) is 5.56 Å².